The number of unbranched alkanes of at least 4 members (excludes halogenated alkanes) is 1. The third-order valence-electron chi connectivity index (χ3n) is 6.75. The van der Waals surface area contributed by atoms with Crippen molar-refractivity contribution in [3.05, 3.63) is 59.7 Å². The van der Waals surface area contributed by atoms with Crippen LogP contribution in [0.5, 0.6) is 5.75 Å². The smallest absolute Gasteiger partial charge is 0.190 e. The molecule has 2 heterocycles. The van der Waals surface area contributed by atoms with Gasteiger partial charge in [0.25, 0.3) is 0 Å². The van der Waals surface area contributed by atoms with Crippen LogP contribution in [0.15, 0.2) is 47.4 Å². The lowest BCUT2D eigenvalue weighted by molar-refractivity contribution is 0.0348. The first kappa shape index (κ1) is 24.1. The predicted molar refractivity (Wildman–Crippen MR) is 122 cm³/mol. The molecule has 2 aromatic carbocycles. The van der Waals surface area contributed by atoms with Crippen molar-refractivity contribution in [1.82, 2.24) is 4.90 Å². The molecule has 8 heteroatoms. The van der Waals surface area contributed by atoms with Crippen molar-refractivity contribution in [1.29, 1.82) is 0 Å². The molecule has 2 aliphatic rings. The zero-order chi connectivity index (χ0) is 23.5. The Morgan fingerprint density at radius 2 is 1.82 bits per heavy atom. The van der Waals surface area contributed by atoms with Gasteiger partial charge in [-0.25, -0.2) is 17.2 Å². The Morgan fingerprint density at radius 3 is 2.58 bits per heavy atom. The van der Waals surface area contributed by atoms with Crippen LogP contribution in [0.1, 0.15) is 44.6 Å². The minimum atomic E-state index is -4.07. The van der Waals surface area contributed by atoms with Crippen molar-refractivity contribution in [2.75, 3.05) is 32.9 Å². The lowest BCUT2D eigenvalue weighted by Crippen LogP contribution is -2.63. The summed E-state index contributed by atoms with van der Waals surface area (Å²) in [5, 5.41) is 0. The Labute approximate surface area is 194 Å². The molecule has 0 saturated carbocycles. The summed E-state index contributed by atoms with van der Waals surface area (Å²) in [6.45, 7) is 4.62. The monoisotopic (exact) mass is 479 g/mol. The Kier molecular flexibility index (Phi) is 7.36. The summed E-state index contributed by atoms with van der Waals surface area (Å²) in [5.41, 5.74) is -0.175. The summed E-state index contributed by atoms with van der Waals surface area (Å²) in [6, 6.07) is 9.44. The van der Waals surface area contributed by atoms with Gasteiger partial charge in [0.2, 0.25) is 0 Å². The summed E-state index contributed by atoms with van der Waals surface area (Å²) in [7, 11) is -4.07. The normalized spacial score (nSPS) is 22.9. The number of piperidine rings is 1. The van der Waals surface area contributed by atoms with E-state index < -0.39 is 32.3 Å². The standard InChI is InChI=1S/C25H31F2NO4S/c1-2-3-16-31-17-8-15-28-14-7-13-25(33(29,30)19-9-5-4-6-10-19)22(28)18-32-24-21(27)12-11-20(26)23(24)25/h4-6,9-12,22H,2-3,7-8,13-18H2,1H3/t22?,25-/m0/s1. The van der Waals surface area contributed by atoms with Crippen LogP contribution in [0.3, 0.4) is 0 Å². The van der Waals surface area contributed by atoms with E-state index in [1.807, 2.05) is 0 Å². The van der Waals surface area contributed by atoms with Crippen LogP contribution in [0.2, 0.25) is 0 Å². The first-order valence-corrected chi connectivity index (χ1v) is 13.1. The zero-order valence-electron chi connectivity index (χ0n) is 18.9. The van der Waals surface area contributed by atoms with Gasteiger partial charge in [-0.1, -0.05) is 31.5 Å². The van der Waals surface area contributed by atoms with Gasteiger partial charge in [-0.05, 0) is 56.5 Å². The van der Waals surface area contributed by atoms with Crippen LogP contribution in [0, 0.1) is 11.6 Å². The van der Waals surface area contributed by atoms with Crippen LogP contribution >= 0.6 is 0 Å². The summed E-state index contributed by atoms with van der Waals surface area (Å²) in [6.07, 6.45) is 3.54. The van der Waals surface area contributed by atoms with Crippen LogP contribution < -0.4 is 4.74 Å². The van der Waals surface area contributed by atoms with Gasteiger partial charge in [0.05, 0.1) is 16.5 Å². The maximum atomic E-state index is 15.3. The highest BCUT2D eigenvalue weighted by Gasteiger charge is 2.60. The van der Waals surface area contributed by atoms with E-state index in [-0.39, 0.29) is 29.2 Å². The molecule has 0 radical (unpaired) electrons. The van der Waals surface area contributed by atoms with Gasteiger partial charge in [-0.15, -0.1) is 0 Å². The van der Waals surface area contributed by atoms with E-state index in [2.05, 4.69) is 11.8 Å². The summed E-state index contributed by atoms with van der Waals surface area (Å²) < 4.78 is 68.1. The number of hydrogen-bond donors (Lipinski definition) is 0. The average molecular weight is 480 g/mol. The quantitative estimate of drug-likeness (QED) is 0.488. The van der Waals surface area contributed by atoms with Crippen LogP contribution in [0.4, 0.5) is 8.78 Å². The van der Waals surface area contributed by atoms with Crippen molar-refractivity contribution in [2.45, 2.75) is 54.7 Å². The molecule has 2 aliphatic heterocycles. The van der Waals surface area contributed by atoms with Gasteiger partial charge < -0.3 is 9.47 Å². The molecule has 0 N–H and O–H groups in total. The average Bonchev–Trinajstić information content (AvgIpc) is 2.83. The number of fused-ring (bicyclic) bond motifs is 3. The molecule has 0 aliphatic carbocycles. The minimum Gasteiger partial charge on any atom is -0.488 e. The number of likely N-dealkylation sites (tertiary alicyclic amines) is 1. The van der Waals surface area contributed by atoms with Crippen molar-refractivity contribution < 1.29 is 26.7 Å². The van der Waals surface area contributed by atoms with Gasteiger partial charge in [-0.3, -0.25) is 4.90 Å². The van der Waals surface area contributed by atoms with Crippen molar-refractivity contribution >= 4 is 9.84 Å². The number of nitrogens with zero attached hydrogens (tertiary/aromatic N) is 1. The van der Waals surface area contributed by atoms with Gasteiger partial charge in [-0.2, -0.15) is 0 Å². The predicted octanol–water partition coefficient (Wildman–Crippen LogP) is 4.70. The Morgan fingerprint density at radius 1 is 1.09 bits per heavy atom. The Hall–Kier alpha value is -2.03. The molecule has 2 atom stereocenters. The summed E-state index contributed by atoms with van der Waals surface area (Å²) >= 11 is 0. The van der Waals surface area contributed by atoms with E-state index in [1.165, 1.54) is 12.1 Å². The molecule has 1 saturated heterocycles. The number of ether oxygens (including phenoxy) is 2. The molecule has 180 valence electrons. The molecule has 4 rings (SSSR count). The van der Waals surface area contributed by atoms with Gasteiger partial charge in [0.15, 0.2) is 21.4 Å². The van der Waals surface area contributed by atoms with Crippen LogP contribution in [-0.4, -0.2) is 52.3 Å². The highest BCUT2D eigenvalue weighted by molar-refractivity contribution is 7.92. The highest BCUT2D eigenvalue weighted by Crippen LogP contribution is 2.53. The Balaban J connectivity index is 1.75. The fraction of sp³-hybridized carbons (Fsp3) is 0.520. The first-order valence-electron chi connectivity index (χ1n) is 11.7. The van der Waals surface area contributed by atoms with E-state index >= 15 is 4.39 Å². The molecule has 1 unspecified atom stereocenters. The maximum absolute atomic E-state index is 15.3. The van der Waals surface area contributed by atoms with Crippen molar-refractivity contribution in [2.24, 2.45) is 0 Å². The summed E-state index contributed by atoms with van der Waals surface area (Å²) in [4.78, 5) is 2.16. The van der Waals surface area contributed by atoms with E-state index in [1.54, 1.807) is 18.2 Å². The van der Waals surface area contributed by atoms with E-state index in [0.717, 1.165) is 31.4 Å². The van der Waals surface area contributed by atoms with Crippen molar-refractivity contribution in [3.8, 4) is 5.75 Å². The number of halogens is 2. The topological polar surface area (TPSA) is 55.8 Å². The fourth-order valence-corrected chi connectivity index (χ4v) is 7.55. The second-order valence-electron chi connectivity index (χ2n) is 8.73. The molecule has 1 fully saturated rings. The maximum Gasteiger partial charge on any atom is 0.190 e. The van der Waals surface area contributed by atoms with Crippen LogP contribution in [-0.2, 0) is 19.3 Å². The second kappa shape index (κ2) is 10.1. The molecule has 0 spiro atoms. The number of hydrogen-bond acceptors (Lipinski definition) is 5. The fourth-order valence-electron chi connectivity index (χ4n) is 5.17. The van der Waals surface area contributed by atoms with E-state index in [9.17, 15) is 12.8 Å². The Bertz CT molecular complexity index is 1060. The lowest BCUT2D eigenvalue weighted by Gasteiger charge is -2.52. The highest BCUT2D eigenvalue weighted by atomic mass is 32.2. The lowest BCUT2D eigenvalue weighted by atomic mass is 9.80. The van der Waals surface area contributed by atoms with E-state index in [0.29, 0.717) is 32.7 Å². The minimum absolute atomic E-state index is 0.0177. The second-order valence-corrected chi connectivity index (χ2v) is 10.9. The first-order chi connectivity index (χ1) is 15.9. The molecule has 33 heavy (non-hydrogen) atoms. The molecule has 0 aromatic heterocycles. The number of sulfone groups is 1. The molecular weight excluding hydrogens is 448 g/mol. The largest absolute Gasteiger partial charge is 0.488 e. The molecular formula is C25H31F2NO4S. The third-order valence-corrected chi connectivity index (χ3v) is 9.28. The van der Waals surface area contributed by atoms with Gasteiger partial charge in [0.1, 0.15) is 17.2 Å². The van der Waals surface area contributed by atoms with Crippen molar-refractivity contribution in [3.63, 3.8) is 0 Å². The third kappa shape index (κ3) is 4.29. The van der Waals surface area contributed by atoms with Crippen LogP contribution in [0.25, 0.3) is 0 Å². The van der Waals surface area contributed by atoms with Gasteiger partial charge in [0, 0.05) is 19.8 Å². The number of rotatable bonds is 9. The SMILES string of the molecule is CCCCOCCCN1CCC[C@@]2(S(=O)(=O)c3ccccc3)c3c(F)ccc(F)c3OCC12. The van der Waals surface area contributed by atoms with E-state index in [4.69, 9.17) is 9.47 Å². The van der Waals surface area contributed by atoms with Gasteiger partial charge >= 0.3 is 0 Å². The molecule has 5 nitrogen and oxygen atoms in total. The summed E-state index contributed by atoms with van der Waals surface area (Å²) in [5.74, 6) is -1.77. The number of benzene rings is 2. The molecule has 0 amide bonds. The molecule has 2 aromatic rings. The zero-order valence-corrected chi connectivity index (χ0v) is 19.8. The molecule has 0 bridgehead atoms.